The van der Waals surface area contributed by atoms with Gasteiger partial charge in [0.15, 0.2) is 0 Å². The van der Waals surface area contributed by atoms with Crippen molar-refractivity contribution >= 4 is 39.4 Å². The third kappa shape index (κ3) is 3.80. The van der Waals surface area contributed by atoms with Gasteiger partial charge in [-0.3, -0.25) is 4.79 Å². The number of aliphatic carboxylic acids is 1. The highest BCUT2D eigenvalue weighted by Gasteiger charge is 2.35. The Balaban J connectivity index is 1.64. The Bertz CT molecular complexity index is 1070. The van der Waals surface area contributed by atoms with Crippen molar-refractivity contribution in [3.05, 3.63) is 92.9 Å². The first-order valence-corrected chi connectivity index (χ1v) is 10.3. The smallest absolute Gasteiger partial charge is 0.326 e. The van der Waals surface area contributed by atoms with E-state index in [1.165, 1.54) is 0 Å². The number of rotatable bonds is 5. The number of carbonyl (C=O) groups excluding carboxylic acids is 1. The molecule has 3 aromatic carbocycles. The van der Waals surface area contributed by atoms with E-state index in [9.17, 15) is 14.7 Å². The SMILES string of the molecule is O=C(N[C@@H](Cc1cc(Cl)ccc1Br)C(=O)O)C1c2ccccc2-c2ccccc21. The van der Waals surface area contributed by atoms with Crippen molar-refractivity contribution in [3.8, 4) is 11.1 Å². The number of carboxylic acid groups (broad SMARTS) is 1. The van der Waals surface area contributed by atoms with Gasteiger partial charge in [0, 0.05) is 15.9 Å². The van der Waals surface area contributed by atoms with E-state index in [4.69, 9.17) is 11.6 Å². The minimum Gasteiger partial charge on any atom is -0.480 e. The van der Waals surface area contributed by atoms with E-state index >= 15 is 0 Å². The highest BCUT2D eigenvalue weighted by atomic mass is 79.9. The summed E-state index contributed by atoms with van der Waals surface area (Å²) >= 11 is 9.47. The normalized spacial score (nSPS) is 13.4. The summed E-state index contributed by atoms with van der Waals surface area (Å²) in [5, 5.41) is 13.0. The lowest BCUT2D eigenvalue weighted by Gasteiger charge is -2.19. The molecule has 4 nitrogen and oxygen atoms in total. The fourth-order valence-corrected chi connectivity index (χ4v) is 4.42. The summed E-state index contributed by atoms with van der Waals surface area (Å²) in [4.78, 5) is 25.1. The molecule has 1 amide bonds. The average Bonchev–Trinajstić information content (AvgIpc) is 3.04. The first-order chi connectivity index (χ1) is 14.0. The van der Waals surface area contributed by atoms with Crippen molar-refractivity contribution in [3.63, 3.8) is 0 Å². The Hall–Kier alpha value is -2.63. The zero-order valence-electron chi connectivity index (χ0n) is 15.2. The van der Waals surface area contributed by atoms with Crippen LogP contribution in [0.5, 0.6) is 0 Å². The van der Waals surface area contributed by atoms with Crippen molar-refractivity contribution < 1.29 is 14.7 Å². The molecule has 0 aliphatic heterocycles. The summed E-state index contributed by atoms with van der Waals surface area (Å²) in [7, 11) is 0. The van der Waals surface area contributed by atoms with Crippen molar-refractivity contribution in [1.29, 1.82) is 0 Å². The van der Waals surface area contributed by atoms with Gasteiger partial charge in [0.1, 0.15) is 6.04 Å². The number of hydrogen-bond acceptors (Lipinski definition) is 2. The Labute approximate surface area is 181 Å². The lowest BCUT2D eigenvalue weighted by molar-refractivity contribution is -0.141. The van der Waals surface area contributed by atoms with E-state index in [1.54, 1.807) is 18.2 Å². The molecular weight excluding hydrogens is 454 g/mol. The maximum Gasteiger partial charge on any atom is 0.326 e. The largest absolute Gasteiger partial charge is 0.480 e. The topological polar surface area (TPSA) is 66.4 Å². The van der Waals surface area contributed by atoms with Crippen LogP contribution in [0.3, 0.4) is 0 Å². The van der Waals surface area contributed by atoms with Crippen LogP contribution in [-0.2, 0) is 16.0 Å². The minimum absolute atomic E-state index is 0.123. The molecule has 0 spiro atoms. The molecule has 1 aliphatic rings. The van der Waals surface area contributed by atoms with Crippen LogP contribution in [0.25, 0.3) is 11.1 Å². The molecule has 4 rings (SSSR count). The predicted molar refractivity (Wildman–Crippen MR) is 116 cm³/mol. The van der Waals surface area contributed by atoms with Gasteiger partial charge in [0.05, 0.1) is 5.92 Å². The van der Waals surface area contributed by atoms with Crippen LogP contribution in [-0.4, -0.2) is 23.0 Å². The number of amides is 1. The Morgan fingerprint density at radius 1 is 1.00 bits per heavy atom. The number of carboxylic acids is 1. The monoisotopic (exact) mass is 469 g/mol. The molecule has 0 saturated heterocycles. The maximum atomic E-state index is 13.2. The first-order valence-electron chi connectivity index (χ1n) is 9.11. The van der Waals surface area contributed by atoms with Crippen LogP contribution in [0.4, 0.5) is 0 Å². The number of benzene rings is 3. The standard InChI is InChI=1S/C23H17BrClNO3/c24-19-10-9-14(25)11-13(19)12-20(23(28)29)26-22(27)21-17-7-3-1-5-15(17)16-6-2-4-8-18(16)21/h1-11,20-21H,12H2,(H,26,27)(H,28,29)/t20-/m0/s1. The van der Waals surface area contributed by atoms with E-state index in [2.05, 4.69) is 21.2 Å². The summed E-state index contributed by atoms with van der Waals surface area (Å²) in [5.41, 5.74) is 4.51. The van der Waals surface area contributed by atoms with E-state index in [-0.39, 0.29) is 12.3 Å². The van der Waals surface area contributed by atoms with Gasteiger partial charge in [-0.05, 0) is 46.0 Å². The molecule has 146 valence electrons. The number of hydrogen-bond donors (Lipinski definition) is 2. The number of halogens is 2. The van der Waals surface area contributed by atoms with E-state index < -0.39 is 17.9 Å². The van der Waals surface area contributed by atoms with E-state index in [0.717, 1.165) is 32.3 Å². The number of fused-ring (bicyclic) bond motifs is 3. The second-order valence-electron chi connectivity index (χ2n) is 6.95. The third-order valence-electron chi connectivity index (χ3n) is 5.14. The van der Waals surface area contributed by atoms with Gasteiger partial charge < -0.3 is 10.4 Å². The van der Waals surface area contributed by atoms with Gasteiger partial charge in [-0.15, -0.1) is 0 Å². The average molecular weight is 471 g/mol. The molecule has 29 heavy (non-hydrogen) atoms. The van der Waals surface area contributed by atoms with Gasteiger partial charge in [0.2, 0.25) is 5.91 Å². The van der Waals surface area contributed by atoms with Crippen LogP contribution in [0.1, 0.15) is 22.6 Å². The quantitative estimate of drug-likeness (QED) is 0.550. The highest BCUT2D eigenvalue weighted by molar-refractivity contribution is 9.10. The van der Waals surface area contributed by atoms with E-state index in [0.29, 0.717) is 5.02 Å². The lowest BCUT2D eigenvalue weighted by Crippen LogP contribution is -2.44. The van der Waals surface area contributed by atoms with Crippen LogP contribution in [0.15, 0.2) is 71.2 Å². The number of nitrogens with one attached hydrogen (secondary N) is 1. The molecule has 6 heteroatoms. The molecular formula is C23H17BrClNO3. The van der Waals surface area contributed by atoms with Crippen molar-refractivity contribution in [2.24, 2.45) is 0 Å². The summed E-state index contributed by atoms with van der Waals surface area (Å²) in [5.74, 6) is -1.95. The molecule has 0 fully saturated rings. The van der Waals surface area contributed by atoms with Gasteiger partial charge >= 0.3 is 5.97 Å². The van der Waals surface area contributed by atoms with Gasteiger partial charge in [-0.25, -0.2) is 4.79 Å². The second kappa shape index (κ2) is 8.01. The molecule has 0 unspecified atom stereocenters. The first kappa shape index (κ1) is 19.7. The van der Waals surface area contributed by atoms with Crippen molar-refractivity contribution in [2.45, 2.75) is 18.4 Å². The number of carbonyl (C=O) groups is 2. The van der Waals surface area contributed by atoms with Crippen LogP contribution in [0.2, 0.25) is 5.02 Å². The summed E-state index contributed by atoms with van der Waals surface area (Å²) in [6, 6.07) is 19.6. The zero-order valence-corrected chi connectivity index (χ0v) is 17.6. The third-order valence-corrected chi connectivity index (χ3v) is 6.15. The summed E-state index contributed by atoms with van der Waals surface area (Å²) in [6.07, 6.45) is 0.123. The molecule has 2 N–H and O–H groups in total. The maximum absolute atomic E-state index is 13.2. The molecule has 1 atom stereocenters. The Morgan fingerprint density at radius 3 is 2.17 bits per heavy atom. The van der Waals surface area contributed by atoms with Crippen molar-refractivity contribution in [1.82, 2.24) is 5.32 Å². The van der Waals surface area contributed by atoms with Crippen molar-refractivity contribution in [2.75, 3.05) is 0 Å². The Kier molecular flexibility index (Phi) is 5.43. The van der Waals surface area contributed by atoms with Crippen LogP contribution in [0, 0.1) is 0 Å². The van der Waals surface area contributed by atoms with Gasteiger partial charge in [-0.2, -0.15) is 0 Å². The van der Waals surface area contributed by atoms with Gasteiger partial charge in [0.25, 0.3) is 0 Å². The highest BCUT2D eigenvalue weighted by Crippen LogP contribution is 2.44. The molecule has 1 aliphatic carbocycles. The fraction of sp³-hybridized carbons (Fsp3) is 0.130. The second-order valence-corrected chi connectivity index (χ2v) is 8.24. The molecule has 0 bridgehead atoms. The van der Waals surface area contributed by atoms with Crippen LogP contribution < -0.4 is 5.32 Å². The van der Waals surface area contributed by atoms with Gasteiger partial charge in [-0.1, -0.05) is 76.1 Å². The molecule has 3 aromatic rings. The lowest BCUT2D eigenvalue weighted by atomic mass is 9.95. The minimum atomic E-state index is -1.09. The molecule has 0 aromatic heterocycles. The molecule has 0 radical (unpaired) electrons. The van der Waals surface area contributed by atoms with E-state index in [1.807, 2.05) is 48.5 Å². The molecule has 0 heterocycles. The zero-order chi connectivity index (χ0) is 20.5. The molecule has 0 saturated carbocycles. The van der Waals surface area contributed by atoms with Crippen LogP contribution >= 0.6 is 27.5 Å². The Morgan fingerprint density at radius 2 is 1.59 bits per heavy atom. The fourth-order valence-electron chi connectivity index (χ4n) is 3.81. The summed E-state index contributed by atoms with van der Waals surface area (Å²) in [6.45, 7) is 0. The summed E-state index contributed by atoms with van der Waals surface area (Å²) < 4.78 is 0.749. The predicted octanol–water partition coefficient (Wildman–Crippen LogP) is 5.03.